The van der Waals surface area contributed by atoms with Crippen molar-refractivity contribution < 1.29 is 4.79 Å². The van der Waals surface area contributed by atoms with Crippen molar-refractivity contribution in [3.63, 3.8) is 0 Å². The Labute approximate surface area is 117 Å². The van der Waals surface area contributed by atoms with Gasteiger partial charge in [-0.2, -0.15) is 5.26 Å². The van der Waals surface area contributed by atoms with Gasteiger partial charge in [0.15, 0.2) is 0 Å². The van der Waals surface area contributed by atoms with Crippen molar-refractivity contribution in [2.75, 3.05) is 5.32 Å². The van der Waals surface area contributed by atoms with Gasteiger partial charge in [0, 0.05) is 10.6 Å². The Kier molecular flexibility index (Phi) is 4.22. The first kappa shape index (κ1) is 13.2. The zero-order valence-electron chi connectivity index (χ0n) is 10.1. The second-order valence-electron chi connectivity index (χ2n) is 4.08. The van der Waals surface area contributed by atoms with Gasteiger partial charge in [-0.3, -0.25) is 4.79 Å². The summed E-state index contributed by atoms with van der Waals surface area (Å²) in [6.07, 6.45) is 0.296. The smallest absolute Gasteiger partial charge is 0.228 e. The maximum absolute atomic E-state index is 11.9. The van der Waals surface area contributed by atoms with Gasteiger partial charge < -0.3 is 5.32 Å². The number of nitrogens with one attached hydrogen (secondary N) is 1. The minimum absolute atomic E-state index is 0.109. The number of carbonyl (C=O) groups excluding carboxylic acids is 1. The van der Waals surface area contributed by atoms with Gasteiger partial charge in [-0.15, -0.1) is 12.6 Å². The lowest BCUT2D eigenvalue weighted by Crippen LogP contribution is -2.14. The molecule has 2 rings (SSSR count). The van der Waals surface area contributed by atoms with Crippen molar-refractivity contribution in [2.45, 2.75) is 11.3 Å². The maximum atomic E-state index is 11.9. The monoisotopic (exact) mass is 268 g/mol. The summed E-state index contributed by atoms with van der Waals surface area (Å²) in [4.78, 5) is 12.7. The molecule has 4 heteroatoms. The zero-order chi connectivity index (χ0) is 13.7. The number of nitrogens with zero attached hydrogens (tertiary/aromatic N) is 1. The first-order valence-corrected chi connectivity index (χ1v) is 6.20. The van der Waals surface area contributed by atoms with E-state index >= 15 is 0 Å². The fourth-order valence-corrected chi connectivity index (χ4v) is 1.82. The average Bonchev–Trinajstić information content (AvgIpc) is 2.41. The number of amides is 1. The van der Waals surface area contributed by atoms with E-state index in [1.807, 2.05) is 30.3 Å². The van der Waals surface area contributed by atoms with Crippen LogP contribution in [0, 0.1) is 11.3 Å². The summed E-state index contributed by atoms with van der Waals surface area (Å²) in [5, 5.41) is 11.6. The van der Waals surface area contributed by atoms with Gasteiger partial charge in [0.1, 0.15) is 0 Å². The van der Waals surface area contributed by atoms with Crippen LogP contribution in [0.3, 0.4) is 0 Å². The zero-order valence-corrected chi connectivity index (χ0v) is 11.0. The molecule has 0 saturated heterocycles. The van der Waals surface area contributed by atoms with Gasteiger partial charge in [-0.1, -0.05) is 18.2 Å². The SMILES string of the molecule is N#Cc1cccc(NC(=O)Cc2ccc(S)cc2)c1. The van der Waals surface area contributed by atoms with E-state index in [0.717, 1.165) is 10.5 Å². The van der Waals surface area contributed by atoms with Crippen LogP contribution in [0.1, 0.15) is 11.1 Å². The predicted molar refractivity (Wildman–Crippen MR) is 77.2 cm³/mol. The minimum Gasteiger partial charge on any atom is -0.326 e. The largest absolute Gasteiger partial charge is 0.326 e. The van der Waals surface area contributed by atoms with Crippen molar-refractivity contribution >= 4 is 24.2 Å². The molecule has 0 unspecified atom stereocenters. The molecular weight excluding hydrogens is 256 g/mol. The number of anilines is 1. The molecule has 3 nitrogen and oxygen atoms in total. The van der Waals surface area contributed by atoms with Gasteiger partial charge in [0.2, 0.25) is 5.91 Å². The van der Waals surface area contributed by atoms with Crippen LogP contribution in [0.4, 0.5) is 5.69 Å². The lowest BCUT2D eigenvalue weighted by molar-refractivity contribution is -0.115. The molecule has 0 fully saturated rings. The highest BCUT2D eigenvalue weighted by Crippen LogP contribution is 2.12. The maximum Gasteiger partial charge on any atom is 0.228 e. The number of benzene rings is 2. The lowest BCUT2D eigenvalue weighted by Gasteiger charge is -2.05. The van der Waals surface area contributed by atoms with Crippen LogP contribution in [0.15, 0.2) is 53.4 Å². The van der Waals surface area contributed by atoms with Crippen molar-refractivity contribution in [3.8, 4) is 6.07 Å². The summed E-state index contributed by atoms with van der Waals surface area (Å²) in [5.74, 6) is -0.109. The fourth-order valence-electron chi connectivity index (χ4n) is 1.67. The Morgan fingerprint density at radius 2 is 1.95 bits per heavy atom. The Morgan fingerprint density at radius 1 is 1.21 bits per heavy atom. The highest BCUT2D eigenvalue weighted by atomic mass is 32.1. The van der Waals surface area contributed by atoms with E-state index in [0.29, 0.717) is 17.7 Å². The van der Waals surface area contributed by atoms with Crippen LogP contribution >= 0.6 is 12.6 Å². The second kappa shape index (κ2) is 6.07. The van der Waals surface area contributed by atoms with E-state index in [2.05, 4.69) is 17.9 Å². The number of rotatable bonds is 3. The molecule has 1 amide bonds. The lowest BCUT2D eigenvalue weighted by atomic mass is 10.1. The van der Waals surface area contributed by atoms with E-state index in [4.69, 9.17) is 5.26 Å². The standard InChI is InChI=1S/C15H12N2OS/c16-10-12-2-1-3-13(8-12)17-15(18)9-11-4-6-14(19)7-5-11/h1-8,19H,9H2,(H,17,18). The van der Waals surface area contributed by atoms with Crippen molar-refractivity contribution in [3.05, 3.63) is 59.7 Å². The van der Waals surface area contributed by atoms with Gasteiger partial charge in [-0.25, -0.2) is 0 Å². The summed E-state index contributed by atoms with van der Waals surface area (Å²) in [7, 11) is 0. The van der Waals surface area contributed by atoms with Crippen molar-refractivity contribution in [2.24, 2.45) is 0 Å². The van der Waals surface area contributed by atoms with Crippen LogP contribution in [0.5, 0.6) is 0 Å². The predicted octanol–water partition coefficient (Wildman–Crippen LogP) is 3.03. The highest BCUT2D eigenvalue weighted by Gasteiger charge is 2.04. The van der Waals surface area contributed by atoms with Crippen LogP contribution in [0.25, 0.3) is 0 Å². The third kappa shape index (κ3) is 3.87. The molecule has 0 atom stereocenters. The van der Waals surface area contributed by atoms with Gasteiger partial charge in [-0.05, 0) is 35.9 Å². The Bertz CT molecular complexity index is 629. The number of nitriles is 1. The topological polar surface area (TPSA) is 52.9 Å². The number of hydrogen-bond acceptors (Lipinski definition) is 3. The van der Waals surface area contributed by atoms with Crippen molar-refractivity contribution in [1.82, 2.24) is 0 Å². The molecule has 0 aliphatic carbocycles. The second-order valence-corrected chi connectivity index (χ2v) is 4.60. The Morgan fingerprint density at radius 3 is 2.63 bits per heavy atom. The average molecular weight is 268 g/mol. The fraction of sp³-hybridized carbons (Fsp3) is 0.0667. The van der Waals surface area contributed by atoms with Crippen molar-refractivity contribution in [1.29, 1.82) is 5.26 Å². The molecular formula is C15H12N2OS. The van der Waals surface area contributed by atoms with Gasteiger partial charge in [0.25, 0.3) is 0 Å². The molecule has 0 heterocycles. The molecule has 0 saturated carbocycles. The quantitative estimate of drug-likeness (QED) is 0.841. The third-order valence-corrected chi connectivity index (χ3v) is 2.87. The number of carbonyl (C=O) groups is 1. The molecule has 0 aliphatic heterocycles. The molecule has 0 radical (unpaired) electrons. The van der Waals surface area contributed by atoms with E-state index in [1.54, 1.807) is 24.3 Å². The van der Waals surface area contributed by atoms with Crippen LogP contribution in [0.2, 0.25) is 0 Å². The molecule has 94 valence electrons. The first-order valence-electron chi connectivity index (χ1n) is 5.75. The summed E-state index contributed by atoms with van der Waals surface area (Å²) in [5.41, 5.74) is 2.08. The Balaban J connectivity index is 2.01. The summed E-state index contributed by atoms with van der Waals surface area (Å²) < 4.78 is 0. The molecule has 1 N–H and O–H groups in total. The molecule has 0 aromatic heterocycles. The Hall–Kier alpha value is -2.25. The molecule has 0 spiro atoms. The third-order valence-electron chi connectivity index (χ3n) is 2.58. The van der Waals surface area contributed by atoms with Gasteiger partial charge in [0.05, 0.1) is 18.1 Å². The first-order chi connectivity index (χ1) is 9.17. The molecule has 0 bridgehead atoms. The number of hydrogen-bond donors (Lipinski definition) is 2. The van der Waals surface area contributed by atoms with Gasteiger partial charge >= 0.3 is 0 Å². The van der Waals surface area contributed by atoms with E-state index < -0.39 is 0 Å². The van der Waals surface area contributed by atoms with Crippen LogP contribution < -0.4 is 5.32 Å². The minimum atomic E-state index is -0.109. The molecule has 2 aromatic rings. The van der Waals surface area contributed by atoms with E-state index in [9.17, 15) is 4.79 Å². The molecule has 2 aromatic carbocycles. The summed E-state index contributed by atoms with van der Waals surface area (Å²) in [6, 6.07) is 16.3. The number of thiol groups is 1. The van der Waals surface area contributed by atoms with E-state index in [1.165, 1.54) is 0 Å². The molecule has 0 aliphatic rings. The van der Waals surface area contributed by atoms with Crippen LogP contribution in [-0.2, 0) is 11.2 Å². The summed E-state index contributed by atoms with van der Waals surface area (Å²) in [6.45, 7) is 0. The molecule has 19 heavy (non-hydrogen) atoms. The normalized spacial score (nSPS) is 9.68. The highest BCUT2D eigenvalue weighted by molar-refractivity contribution is 7.80. The summed E-state index contributed by atoms with van der Waals surface area (Å²) >= 11 is 4.19. The van der Waals surface area contributed by atoms with E-state index in [-0.39, 0.29) is 5.91 Å². The van der Waals surface area contributed by atoms with Crippen LogP contribution in [-0.4, -0.2) is 5.91 Å².